The van der Waals surface area contributed by atoms with E-state index in [0.29, 0.717) is 23.9 Å². The quantitative estimate of drug-likeness (QED) is 0.803. The summed E-state index contributed by atoms with van der Waals surface area (Å²) in [5, 5.41) is 13.0. The van der Waals surface area contributed by atoms with Gasteiger partial charge < -0.3 is 4.90 Å². The maximum absolute atomic E-state index is 11.5. The molecule has 20 heavy (non-hydrogen) atoms. The molecule has 1 amide bonds. The number of aromatic nitrogens is 2. The minimum Gasteiger partial charge on any atom is -0.345 e. The second-order valence-electron chi connectivity index (χ2n) is 5.87. The van der Waals surface area contributed by atoms with Crippen LogP contribution in [0.25, 0.3) is 0 Å². The Hall–Kier alpha value is -1.87. The maximum Gasteiger partial charge on any atom is 0.222 e. The van der Waals surface area contributed by atoms with Gasteiger partial charge in [-0.05, 0) is 12.3 Å². The number of amides is 1. The highest BCUT2D eigenvalue weighted by molar-refractivity contribution is 5.76. The van der Waals surface area contributed by atoms with Crippen molar-refractivity contribution in [2.24, 2.45) is 5.92 Å². The number of likely N-dealkylation sites (tertiary alicyclic amines) is 2. The summed E-state index contributed by atoms with van der Waals surface area (Å²) in [6.07, 6.45) is 5.12. The highest BCUT2D eigenvalue weighted by Gasteiger charge is 2.32. The molecule has 0 N–H and O–H groups in total. The zero-order chi connectivity index (χ0) is 14.1. The van der Waals surface area contributed by atoms with Crippen molar-refractivity contribution in [3.8, 4) is 6.07 Å². The second-order valence-corrected chi connectivity index (χ2v) is 5.87. The van der Waals surface area contributed by atoms with Gasteiger partial charge in [-0.25, -0.2) is 0 Å². The van der Waals surface area contributed by atoms with Gasteiger partial charge in [0.15, 0.2) is 0 Å². The monoisotopic (exact) mass is 273 g/mol. The standard InChI is InChI=1S/C14H19N5O/c1-17-6-11(2-3-14(17)20)7-18-9-13(10-18)19-8-12(4-15)5-16-19/h5,8,11,13H,2-3,6-7,9-10H2,1H3. The molecule has 0 saturated carbocycles. The fourth-order valence-electron chi connectivity index (χ4n) is 3.07. The average molecular weight is 273 g/mol. The van der Waals surface area contributed by atoms with E-state index in [0.717, 1.165) is 32.6 Å². The lowest BCUT2D eigenvalue weighted by atomic mass is 9.95. The Bertz CT molecular complexity index is 540. The number of piperidine rings is 1. The van der Waals surface area contributed by atoms with E-state index in [2.05, 4.69) is 16.1 Å². The van der Waals surface area contributed by atoms with Crippen LogP contribution in [-0.4, -0.2) is 58.7 Å². The van der Waals surface area contributed by atoms with E-state index in [9.17, 15) is 4.79 Å². The third-order valence-corrected chi connectivity index (χ3v) is 4.28. The van der Waals surface area contributed by atoms with Crippen molar-refractivity contribution in [3.05, 3.63) is 18.0 Å². The van der Waals surface area contributed by atoms with Crippen molar-refractivity contribution in [1.82, 2.24) is 19.6 Å². The Morgan fingerprint density at radius 2 is 2.25 bits per heavy atom. The Morgan fingerprint density at radius 3 is 2.90 bits per heavy atom. The number of carbonyl (C=O) groups excluding carboxylic acids is 1. The van der Waals surface area contributed by atoms with Gasteiger partial charge in [0.05, 0.1) is 17.8 Å². The first-order valence-electron chi connectivity index (χ1n) is 7.06. The molecule has 1 atom stereocenters. The molecule has 2 aliphatic heterocycles. The first-order chi connectivity index (χ1) is 9.65. The number of carbonyl (C=O) groups is 1. The Balaban J connectivity index is 1.46. The van der Waals surface area contributed by atoms with Crippen molar-refractivity contribution >= 4 is 5.91 Å². The largest absolute Gasteiger partial charge is 0.345 e. The molecule has 1 unspecified atom stereocenters. The lowest BCUT2D eigenvalue weighted by Crippen LogP contribution is -2.51. The predicted molar refractivity (Wildman–Crippen MR) is 72.8 cm³/mol. The van der Waals surface area contributed by atoms with Gasteiger partial charge in [0.25, 0.3) is 0 Å². The second kappa shape index (κ2) is 5.25. The molecule has 106 valence electrons. The van der Waals surface area contributed by atoms with Crippen LogP contribution >= 0.6 is 0 Å². The molecule has 6 nitrogen and oxygen atoms in total. The third kappa shape index (κ3) is 2.54. The van der Waals surface area contributed by atoms with Crippen molar-refractivity contribution in [2.45, 2.75) is 18.9 Å². The van der Waals surface area contributed by atoms with Crippen LogP contribution in [0.5, 0.6) is 0 Å². The molecule has 3 rings (SSSR count). The van der Waals surface area contributed by atoms with Gasteiger partial charge in [-0.15, -0.1) is 0 Å². The molecule has 1 aromatic heterocycles. The molecule has 2 fully saturated rings. The summed E-state index contributed by atoms with van der Waals surface area (Å²) in [5.74, 6) is 0.856. The molecule has 1 aromatic rings. The average Bonchev–Trinajstić information content (AvgIpc) is 2.86. The van der Waals surface area contributed by atoms with E-state index in [1.807, 2.05) is 22.8 Å². The van der Waals surface area contributed by atoms with E-state index < -0.39 is 0 Å². The van der Waals surface area contributed by atoms with Crippen LogP contribution in [0.1, 0.15) is 24.4 Å². The number of rotatable bonds is 3. The first kappa shape index (κ1) is 13.1. The zero-order valence-electron chi connectivity index (χ0n) is 11.7. The fraction of sp³-hybridized carbons (Fsp3) is 0.643. The van der Waals surface area contributed by atoms with Gasteiger partial charge in [-0.2, -0.15) is 10.4 Å². The van der Waals surface area contributed by atoms with Crippen LogP contribution in [0, 0.1) is 17.2 Å². The smallest absolute Gasteiger partial charge is 0.222 e. The van der Waals surface area contributed by atoms with Gasteiger partial charge in [0.1, 0.15) is 6.07 Å². The number of nitriles is 1. The van der Waals surface area contributed by atoms with Crippen LogP contribution in [-0.2, 0) is 4.79 Å². The lowest BCUT2D eigenvalue weighted by molar-refractivity contribution is -0.133. The van der Waals surface area contributed by atoms with Crippen molar-refractivity contribution < 1.29 is 4.79 Å². The molecule has 0 aliphatic carbocycles. The number of hydrogen-bond donors (Lipinski definition) is 0. The Labute approximate surface area is 118 Å². The summed E-state index contributed by atoms with van der Waals surface area (Å²) in [7, 11) is 1.89. The summed E-state index contributed by atoms with van der Waals surface area (Å²) in [5.41, 5.74) is 0.621. The van der Waals surface area contributed by atoms with Crippen LogP contribution in [0.4, 0.5) is 0 Å². The highest BCUT2D eigenvalue weighted by Crippen LogP contribution is 2.25. The van der Waals surface area contributed by atoms with Gasteiger partial charge in [0, 0.05) is 45.8 Å². The summed E-state index contributed by atoms with van der Waals surface area (Å²) in [6, 6.07) is 2.49. The minimum atomic E-state index is 0.267. The number of hydrogen-bond acceptors (Lipinski definition) is 4. The van der Waals surface area contributed by atoms with Crippen molar-refractivity contribution in [1.29, 1.82) is 5.26 Å². The summed E-state index contributed by atoms with van der Waals surface area (Å²) < 4.78 is 1.89. The van der Waals surface area contributed by atoms with E-state index in [4.69, 9.17) is 5.26 Å². The molecule has 0 aromatic carbocycles. The molecule has 0 bridgehead atoms. The molecule has 0 spiro atoms. The van der Waals surface area contributed by atoms with Crippen LogP contribution in [0.15, 0.2) is 12.4 Å². The van der Waals surface area contributed by atoms with Gasteiger partial charge in [0.2, 0.25) is 5.91 Å². The van der Waals surface area contributed by atoms with Crippen molar-refractivity contribution in [2.75, 3.05) is 33.2 Å². The highest BCUT2D eigenvalue weighted by atomic mass is 16.2. The van der Waals surface area contributed by atoms with Gasteiger partial charge >= 0.3 is 0 Å². The summed E-state index contributed by atoms with van der Waals surface area (Å²) >= 11 is 0. The molecule has 2 saturated heterocycles. The fourth-order valence-corrected chi connectivity index (χ4v) is 3.07. The first-order valence-corrected chi connectivity index (χ1v) is 7.06. The number of nitrogens with zero attached hydrogens (tertiary/aromatic N) is 5. The molecule has 0 radical (unpaired) electrons. The molecular formula is C14H19N5O. The van der Waals surface area contributed by atoms with Crippen molar-refractivity contribution in [3.63, 3.8) is 0 Å². The van der Waals surface area contributed by atoms with E-state index in [1.54, 1.807) is 6.20 Å². The Kier molecular flexibility index (Phi) is 3.45. The lowest BCUT2D eigenvalue weighted by Gasteiger charge is -2.42. The minimum absolute atomic E-state index is 0.267. The zero-order valence-corrected chi connectivity index (χ0v) is 11.7. The maximum atomic E-state index is 11.5. The molecule has 2 aliphatic rings. The SMILES string of the molecule is CN1CC(CN2CC(n3cc(C#N)cn3)C2)CCC1=O. The normalized spacial score (nSPS) is 24.5. The van der Waals surface area contributed by atoms with E-state index in [1.165, 1.54) is 0 Å². The summed E-state index contributed by atoms with van der Waals surface area (Å²) in [6.45, 7) is 3.91. The topological polar surface area (TPSA) is 65.2 Å². The van der Waals surface area contributed by atoms with Crippen LogP contribution in [0.2, 0.25) is 0 Å². The Morgan fingerprint density at radius 1 is 1.45 bits per heavy atom. The molecule has 3 heterocycles. The molecule has 6 heteroatoms. The van der Waals surface area contributed by atoms with E-state index >= 15 is 0 Å². The van der Waals surface area contributed by atoms with Gasteiger partial charge in [-0.1, -0.05) is 0 Å². The van der Waals surface area contributed by atoms with Crippen LogP contribution < -0.4 is 0 Å². The van der Waals surface area contributed by atoms with Crippen LogP contribution in [0.3, 0.4) is 0 Å². The predicted octanol–water partition coefficient (Wildman–Crippen LogP) is 0.480. The summed E-state index contributed by atoms with van der Waals surface area (Å²) in [4.78, 5) is 15.7. The third-order valence-electron chi connectivity index (χ3n) is 4.28. The molecular weight excluding hydrogens is 254 g/mol. The van der Waals surface area contributed by atoms with E-state index in [-0.39, 0.29) is 5.91 Å². The van der Waals surface area contributed by atoms with Gasteiger partial charge in [-0.3, -0.25) is 14.4 Å².